The quantitative estimate of drug-likeness (QED) is 0.383. The summed E-state index contributed by atoms with van der Waals surface area (Å²) in [6.07, 6.45) is 7.51. The van der Waals surface area contributed by atoms with Crippen LogP contribution >= 0.6 is 39.9 Å². The molecule has 2 aromatic rings. The van der Waals surface area contributed by atoms with Gasteiger partial charge in [0.05, 0.1) is 4.91 Å². The molecule has 0 atom stereocenters. The minimum atomic E-state index is 0.0198. The number of thioether (sulfide) groups is 1. The fourth-order valence-corrected chi connectivity index (χ4v) is 5.73. The molecule has 0 bridgehead atoms. The largest absolute Gasteiger partial charge is 0.457 e. The monoisotopic (exact) mass is 461 g/mol. The highest BCUT2D eigenvalue weighted by molar-refractivity contribution is 9.10. The van der Waals surface area contributed by atoms with Gasteiger partial charge >= 0.3 is 0 Å². The number of halogens is 1. The molecule has 1 saturated carbocycles. The molecule has 140 valence electrons. The molecule has 3 nitrogen and oxygen atoms in total. The van der Waals surface area contributed by atoms with Crippen molar-refractivity contribution in [2.45, 2.75) is 45.1 Å². The van der Waals surface area contributed by atoms with Crippen molar-refractivity contribution in [2.24, 2.45) is 0 Å². The predicted octanol–water partition coefficient (Wildman–Crippen LogP) is 6.55. The summed E-state index contributed by atoms with van der Waals surface area (Å²) >= 11 is 10.5. The molecule has 2 aliphatic rings. The van der Waals surface area contributed by atoms with Crippen molar-refractivity contribution in [2.75, 3.05) is 0 Å². The Hall–Kier alpha value is -1.37. The molecule has 6 heteroatoms. The van der Waals surface area contributed by atoms with Crippen molar-refractivity contribution in [3.05, 3.63) is 51.0 Å². The zero-order chi connectivity index (χ0) is 19.0. The van der Waals surface area contributed by atoms with Crippen molar-refractivity contribution >= 4 is 56.2 Å². The molecule has 0 N–H and O–H groups in total. The molecule has 1 aliphatic carbocycles. The Bertz CT molecular complexity index is 928. The highest BCUT2D eigenvalue weighted by Gasteiger charge is 2.37. The second-order valence-corrected chi connectivity index (χ2v) is 9.56. The zero-order valence-corrected chi connectivity index (χ0v) is 18.3. The van der Waals surface area contributed by atoms with E-state index in [2.05, 4.69) is 35.0 Å². The third-order valence-corrected chi connectivity index (χ3v) is 7.04. The van der Waals surface area contributed by atoms with Gasteiger partial charge in [-0.05, 0) is 49.6 Å². The Morgan fingerprint density at radius 1 is 1.22 bits per heavy atom. The van der Waals surface area contributed by atoms with Crippen LogP contribution in [0.1, 0.15) is 43.4 Å². The number of amides is 1. The van der Waals surface area contributed by atoms with Gasteiger partial charge in [0.2, 0.25) is 0 Å². The van der Waals surface area contributed by atoms with Crippen LogP contribution in [0.2, 0.25) is 0 Å². The molecule has 4 rings (SSSR count). The van der Waals surface area contributed by atoms with Crippen LogP contribution < -0.4 is 0 Å². The summed E-state index contributed by atoms with van der Waals surface area (Å²) in [6, 6.07) is 10.2. The summed E-state index contributed by atoms with van der Waals surface area (Å²) in [7, 11) is 0. The van der Waals surface area contributed by atoms with E-state index in [4.69, 9.17) is 16.6 Å². The number of benzene rings is 1. The highest BCUT2D eigenvalue weighted by atomic mass is 79.9. The van der Waals surface area contributed by atoms with E-state index in [0.29, 0.717) is 15.0 Å². The standard InChI is InChI=1S/C21H20BrNO2S2/c1-13-7-9-16(17(22)11-13)18-10-8-15(25-18)12-19-20(24)23(21(26)27-19)14-5-3-2-4-6-14/h7-12,14H,2-6H2,1H3. The van der Waals surface area contributed by atoms with E-state index in [1.54, 1.807) is 0 Å². The molecule has 0 unspecified atom stereocenters. The Morgan fingerprint density at radius 2 is 2.00 bits per heavy atom. The van der Waals surface area contributed by atoms with Crippen LogP contribution in [0.4, 0.5) is 0 Å². The lowest BCUT2D eigenvalue weighted by molar-refractivity contribution is -0.124. The van der Waals surface area contributed by atoms with Gasteiger partial charge in [-0.25, -0.2) is 0 Å². The van der Waals surface area contributed by atoms with Gasteiger partial charge in [-0.1, -0.05) is 65.2 Å². The number of thiocarbonyl (C=S) groups is 1. The molecular formula is C21H20BrNO2S2. The van der Waals surface area contributed by atoms with E-state index in [-0.39, 0.29) is 11.9 Å². The van der Waals surface area contributed by atoms with Gasteiger partial charge in [-0.3, -0.25) is 9.69 Å². The Balaban J connectivity index is 1.56. The minimum Gasteiger partial charge on any atom is -0.457 e. The topological polar surface area (TPSA) is 33.5 Å². The highest BCUT2D eigenvalue weighted by Crippen LogP contribution is 2.38. The van der Waals surface area contributed by atoms with Crippen LogP contribution in [0.15, 0.2) is 44.1 Å². The van der Waals surface area contributed by atoms with Gasteiger partial charge < -0.3 is 4.42 Å². The maximum absolute atomic E-state index is 12.9. The van der Waals surface area contributed by atoms with Crippen LogP contribution in [0.5, 0.6) is 0 Å². The van der Waals surface area contributed by atoms with Crippen LogP contribution in [0.25, 0.3) is 17.4 Å². The fraction of sp³-hybridized carbons (Fsp3) is 0.333. The van der Waals surface area contributed by atoms with Gasteiger partial charge in [0.25, 0.3) is 5.91 Å². The Morgan fingerprint density at radius 3 is 2.74 bits per heavy atom. The Labute approximate surface area is 177 Å². The number of rotatable bonds is 3. The molecule has 2 heterocycles. The average Bonchev–Trinajstić information content (AvgIpc) is 3.21. The maximum atomic E-state index is 12.9. The number of carbonyl (C=O) groups is 1. The van der Waals surface area contributed by atoms with E-state index in [1.165, 1.54) is 36.6 Å². The smallest absolute Gasteiger partial charge is 0.266 e. The lowest BCUT2D eigenvalue weighted by Gasteiger charge is -2.29. The zero-order valence-electron chi connectivity index (χ0n) is 15.0. The van der Waals surface area contributed by atoms with Crippen LogP contribution in [-0.4, -0.2) is 21.2 Å². The van der Waals surface area contributed by atoms with Crippen molar-refractivity contribution in [3.63, 3.8) is 0 Å². The summed E-state index contributed by atoms with van der Waals surface area (Å²) in [6.45, 7) is 2.05. The number of hydrogen-bond acceptors (Lipinski definition) is 4. The first-order valence-electron chi connectivity index (χ1n) is 9.16. The molecular weight excluding hydrogens is 442 g/mol. The summed E-state index contributed by atoms with van der Waals surface area (Å²) in [4.78, 5) is 15.4. The van der Waals surface area contributed by atoms with E-state index in [9.17, 15) is 4.79 Å². The summed E-state index contributed by atoms with van der Waals surface area (Å²) in [5.41, 5.74) is 2.18. The molecule has 27 heavy (non-hydrogen) atoms. The first-order valence-corrected chi connectivity index (χ1v) is 11.2. The third kappa shape index (κ3) is 3.93. The van der Waals surface area contributed by atoms with E-state index in [0.717, 1.165) is 28.6 Å². The third-order valence-electron chi connectivity index (χ3n) is 5.05. The molecule has 1 aliphatic heterocycles. The first kappa shape index (κ1) is 19.0. The van der Waals surface area contributed by atoms with E-state index < -0.39 is 0 Å². The number of carbonyl (C=O) groups excluding carboxylic acids is 1. The van der Waals surface area contributed by atoms with E-state index >= 15 is 0 Å². The van der Waals surface area contributed by atoms with Crippen molar-refractivity contribution in [1.82, 2.24) is 4.90 Å². The first-order chi connectivity index (χ1) is 13.0. The molecule has 1 aromatic carbocycles. The predicted molar refractivity (Wildman–Crippen MR) is 118 cm³/mol. The molecule has 0 radical (unpaired) electrons. The Kier molecular flexibility index (Phi) is 5.58. The second-order valence-electron chi connectivity index (χ2n) is 7.03. The van der Waals surface area contributed by atoms with Gasteiger partial charge in [0.1, 0.15) is 15.8 Å². The van der Waals surface area contributed by atoms with E-state index in [1.807, 2.05) is 29.2 Å². The van der Waals surface area contributed by atoms with Crippen LogP contribution in [0, 0.1) is 6.92 Å². The molecule has 1 aromatic heterocycles. The van der Waals surface area contributed by atoms with Crippen molar-refractivity contribution < 1.29 is 9.21 Å². The van der Waals surface area contributed by atoms with Crippen LogP contribution in [-0.2, 0) is 4.79 Å². The van der Waals surface area contributed by atoms with Gasteiger partial charge in [-0.2, -0.15) is 0 Å². The van der Waals surface area contributed by atoms with Gasteiger partial charge in [0, 0.05) is 22.2 Å². The molecule has 1 saturated heterocycles. The average molecular weight is 462 g/mol. The molecule has 1 amide bonds. The summed E-state index contributed by atoms with van der Waals surface area (Å²) in [5, 5.41) is 0. The van der Waals surface area contributed by atoms with Crippen molar-refractivity contribution in [3.8, 4) is 11.3 Å². The normalized spacial score (nSPS) is 20.1. The van der Waals surface area contributed by atoms with Crippen molar-refractivity contribution in [1.29, 1.82) is 0 Å². The number of furan rings is 1. The minimum absolute atomic E-state index is 0.0198. The number of aryl methyl sites for hydroxylation is 1. The maximum Gasteiger partial charge on any atom is 0.266 e. The second kappa shape index (κ2) is 7.94. The summed E-state index contributed by atoms with van der Waals surface area (Å²) in [5.74, 6) is 1.46. The SMILES string of the molecule is Cc1ccc(-c2ccc(C=C3SC(=S)N(C4CCCCC4)C3=O)o2)c(Br)c1. The van der Waals surface area contributed by atoms with Crippen LogP contribution in [0.3, 0.4) is 0 Å². The lowest BCUT2D eigenvalue weighted by atomic mass is 9.94. The fourth-order valence-electron chi connectivity index (χ4n) is 3.66. The summed E-state index contributed by atoms with van der Waals surface area (Å²) < 4.78 is 7.65. The molecule has 0 spiro atoms. The lowest BCUT2D eigenvalue weighted by Crippen LogP contribution is -2.39. The van der Waals surface area contributed by atoms with Gasteiger partial charge in [-0.15, -0.1) is 0 Å². The van der Waals surface area contributed by atoms with Gasteiger partial charge in [0.15, 0.2) is 0 Å². The number of nitrogens with zero attached hydrogens (tertiary/aromatic N) is 1. The molecule has 2 fully saturated rings. The number of hydrogen-bond donors (Lipinski definition) is 0.